The molecule has 2 bridgehead atoms. The number of rotatable bonds is 3. The number of hydrogen-bond acceptors (Lipinski definition) is 2. The molecule has 3 fully saturated rings. The minimum Gasteiger partial charge on any atom is -0.335 e. The number of aromatic nitrogens is 1. The number of likely N-dealkylation sites (tertiary alicyclic amines) is 1. The molecule has 1 saturated heterocycles. The standard InChI is InChI=1S/C20H26N2O/c23-20(22-14-16-8-10-17(22)13-16)18-7-4-12-21-19(18)11-9-15-5-2-1-3-6-15/h4,7,9,11-12,15-17H,1-3,5-6,8,10,13-14H2/t16-,17+/m0/s1. The van der Waals surface area contributed by atoms with Crippen LogP contribution in [0.5, 0.6) is 0 Å². The molecule has 0 unspecified atom stereocenters. The molecule has 1 aromatic heterocycles. The monoisotopic (exact) mass is 310 g/mol. The van der Waals surface area contributed by atoms with E-state index < -0.39 is 0 Å². The van der Waals surface area contributed by atoms with Crippen molar-refractivity contribution in [2.24, 2.45) is 11.8 Å². The molecule has 122 valence electrons. The second kappa shape index (κ2) is 6.46. The van der Waals surface area contributed by atoms with Gasteiger partial charge in [-0.25, -0.2) is 0 Å². The Morgan fingerprint density at radius 2 is 2.04 bits per heavy atom. The lowest BCUT2D eigenvalue weighted by Crippen LogP contribution is -2.38. The van der Waals surface area contributed by atoms with E-state index in [1.54, 1.807) is 6.20 Å². The summed E-state index contributed by atoms with van der Waals surface area (Å²) in [5.41, 5.74) is 1.64. The van der Waals surface area contributed by atoms with Crippen molar-refractivity contribution in [2.75, 3.05) is 6.54 Å². The number of allylic oxidation sites excluding steroid dienone is 1. The van der Waals surface area contributed by atoms with E-state index >= 15 is 0 Å². The highest BCUT2D eigenvalue weighted by atomic mass is 16.2. The van der Waals surface area contributed by atoms with Gasteiger partial charge in [0.25, 0.3) is 5.91 Å². The molecule has 23 heavy (non-hydrogen) atoms. The zero-order valence-electron chi connectivity index (χ0n) is 13.8. The Balaban J connectivity index is 1.52. The summed E-state index contributed by atoms with van der Waals surface area (Å²) >= 11 is 0. The Morgan fingerprint density at radius 3 is 2.78 bits per heavy atom. The molecule has 1 aliphatic heterocycles. The third-order valence-electron chi connectivity index (χ3n) is 5.92. The van der Waals surface area contributed by atoms with E-state index in [0.29, 0.717) is 12.0 Å². The predicted molar refractivity (Wildman–Crippen MR) is 92.0 cm³/mol. The summed E-state index contributed by atoms with van der Waals surface area (Å²) in [5, 5.41) is 0. The molecule has 0 N–H and O–H groups in total. The molecule has 3 nitrogen and oxygen atoms in total. The molecular weight excluding hydrogens is 284 g/mol. The van der Waals surface area contributed by atoms with E-state index in [1.165, 1.54) is 51.4 Å². The number of hydrogen-bond donors (Lipinski definition) is 0. The Bertz CT molecular complexity index is 603. The van der Waals surface area contributed by atoms with Gasteiger partial charge in [-0.1, -0.05) is 25.3 Å². The van der Waals surface area contributed by atoms with Crippen molar-refractivity contribution in [3.8, 4) is 0 Å². The van der Waals surface area contributed by atoms with E-state index in [9.17, 15) is 4.79 Å². The molecule has 2 saturated carbocycles. The maximum Gasteiger partial charge on any atom is 0.256 e. The molecule has 4 rings (SSSR count). The smallest absolute Gasteiger partial charge is 0.256 e. The van der Waals surface area contributed by atoms with Gasteiger partial charge in [-0.2, -0.15) is 0 Å². The summed E-state index contributed by atoms with van der Waals surface area (Å²) in [6.07, 6.45) is 16.5. The lowest BCUT2D eigenvalue weighted by molar-refractivity contribution is 0.0703. The molecule has 2 atom stereocenters. The van der Waals surface area contributed by atoms with Crippen LogP contribution in [0, 0.1) is 11.8 Å². The minimum absolute atomic E-state index is 0.189. The van der Waals surface area contributed by atoms with Crippen molar-refractivity contribution in [3.63, 3.8) is 0 Å². The number of amides is 1. The Morgan fingerprint density at radius 1 is 1.17 bits per heavy atom. The SMILES string of the molecule is O=C(c1cccnc1C=CC1CCCCC1)N1C[C@H]2CC[C@@H]1C2. The van der Waals surface area contributed by atoms with Gasteiger partial charge in [0.15, 0.2) is 0 Å². The van der Waals surface area contributed by atoms with E-state index in [2.05, 4.69) is 22.0 Å². The van der Waals surface area contributed by atoms with Crippen molar-refractivity contribution in [3.05, 3.63) is 35.7 Å². The van der Waals surface area contributed by atoms with Gasteiger partial charge in [-0.3, -0.25) is 9.78 Å². The summed E-state index contributed by atoms with van der Waals surface area (Å²) in [6, 6.07) is 4.31. The van der Waals surface area contributed by atoms with Gasteiger partial charge < -0.3 is 4.90 Å². The van der Waals surface area contributed by atoms with Crippen molar-refractivity contribution in [2.45, 2.75) is 57.4 Å². The van der Waals surface area contributed by atoms with Crippen molar-refractivity contribution < 1.29 is 4.79 Å². The summed E-state index contributed by atoms with van der Waals surface area (Å²) in [5.74, 6) is 1.59. The van der Waals surface area contributed by atoms with Crippen LogP contribution in [-0.2, 0) is 0 Å². The van der Waals surface area contributed by atoms with Crippen molar-refractivity contribution in [1.29, 1.82) is 0 Å². The fourth-order valence-electron chi connectivity index (χ4n) is 4.61. The second-order valence-electron chi connectivity index (χ2n) is 7.48. The fraction of sp³-hybridized carbons (Fsp3) is 0.600. The third kappa shape index (κ3) is 3.06. The molecule has 2 aliphatic carbocycles. The Labute approximate surface area is 138 Å². The van der Waals surface area contributed by atoms with Crippen LogP contribution in [-0.4, -0.2) is 28.4 Å². The average molecular weight is 310 g/mol. The molecule has 0 spiro atoms. The third-order valence-corrected chi connectivity index (χ3v) is 5.92. The maximum atomic E-state index is 13.0. The van der Waals surface area contributed by atoms with Crippen LogP contribution in [0.1, 0.15) is 67.4 Å². The van der Waals surface area contributed by atoms with Gasteiger partial charge in [-0.05, 0) is 62.1 Å². The van der Waals surface area contributed by atoms with Crippen LogP contribution < -0.4 is 0 Å². The summed E-state index contributed by atoms with van der Waals surface area (Å²) in [6.45, 7) is 0.949. The van der Waals surface area contributed by atoms with Gasteiger partial charge in [0.1, 0.15) is 0 Å². The van der Waals surface area contributed by atoms with Crippen LogP contribution >= 0.6 is 0 Å². The Kier molecular flexibility index (Phi) is 4.19. The quantitative estimate of drug-likeness (QED) is 0.834. The van der Waals surface area contributed by atoms with Crippen LogP contribution in [0.2, 0.25) is 0 Å². The average Bonchev–Trinajstić information content (AvgIpc) is 3.24. The number of carbonyl (C=O) groups is 1. The first kappa shape index (κ1) is 14.9. The summed E-state index contributed by atoms with van der Waals surface area (Å²) in [7, 11) is 0. The van der Waals surface area contributed by atoms with E-state index in [0.717, 1.165) is 23.7 Å². The zero-order valence-corrected chi connectivity index (χ0v) is 13.8. The topological polar surface area (TPSA) is 33.2 Å². The molecular formula is C20H26N2O. The highest BCUT2D eigenvalue weighted by Crippen LogP contribution is 2.38. The van der Waals surface area contributed by atoms with Gasteiger partial charge in [0, 0.05) is 18.8 Å². The molecule has 0 radical (unpaired) electrons. The van der Waals surface area contributed by atoms with E-state index in [1.807, 2.05) is 12.1 Å². The summed E-state index contributed by atoms with van der Waals surface area (Å²) < 4.78 is 0. The van der Waals surface area contributed by atoms with Crippen LogP contribution in [0.25, 0.3) is 6.08 Å². The number of pyridine rings is 1. The van der Waals surface area contributed by atoms with Crippen LogP contribution in [0.15, 0.2) is 24.4 Å². The van der Waals surface area contributed by atoms with Gasteiger partial charge in [0.05, 0.1) is 11.3 Å². The van der Waals surface area contributed by atoms with Gasteiger partial charge in [0.2, 0.25) is 0 Å². The first-order valence-electron chi connectivity index (χ1n) is 9.25. The number of nitrogens with zero attached hydrogens (tertiary/aromatic N) is 2. The maximum absolute atomic E-state index is 13.0. The largest absolute Gasteiger partial charge is 0.335 e. The molecule has 2 heterocycles. The predicted octanol–water partition coefficient (Wildman–Crippen LogP) is 4.30. The van der Waals surface area contributed by atoms with Gasteiger partial charge in [-0.15, -0.1) is 0 Å². The lowest BCUT2D eigenvalue weighted by atomic mass is 9.89. The molecule has 1 aromatic rings. The molecule has 0 aromatic carbocycles. The highest BCUT2D eigenvalue weighted by Gasteiger charge is 2.40. The summed E-state index contributed by atoms with van der Waals surface area (Å²) in [4.78, 5) is 19.5. The van der Waals surface area contributed by atoms with Crippen LogP contribution in [0.3, 0.4) is 0 Å². The second-order valence-corrected chi connectivity index (χ2v) is 7.48. The lowest BCUT2D eigenvalue weighted by Gasteiger charge is -2.27. The number of carbonyl (C=O) groups excluding carboxylic acids is 1. The fourth-order valence-corrected chi connectivity index (χ4v) is 4.61. The normalized spacial score (nSPS) is 27.9. The first-order valence-corrected chi connectivity index (χ1v) is 9.25. The highest BCUT2D eigenvalue weighted by molar-refractivity contribution is 5.97. The number of fused-ring (bicyclic) bond motifs is 2. The van der Waals surface area contributed by atoms with Crippen LogP contribution in [0.4, 0.5) is 0 Å². The van der Waals surface area contributed by atoms with Crippen molar-refractivity contribution >= 4 is 12.0 Å². The molecule has 3 heteroatoms. The minimum atomic E-state index is 0.189. The van der Waals surface area contributed by atoms with Crippen molar-refractivity contribution in [1.82, 2.24) is 9.88 Å². The first-order chi connectivity index (χ1) is 11.3. The Hall–Kier alpha value is -1.64. The molecule has 3 aliphatic rings. The van der Waals surface area contributed by atoms with E-state index in [4.69, 9.17) is 0 Å². The van der Waals surface area contributed by atoms with E-state index in [-0.39, 0.29) is 5.91 Å². The number of piperidine rings is 1. The van der Waals surface area contributed by atoms with Gasteiger partial charge >= 0.3 is 0 Å². The zero-order chi connectivity index (χ0) is 15.6. The molecule has 1 amide bonds.